The number of guanidine groups is 1. The highest BCUT2D eigenvalue weighted by Crippen LogP contribution is 2.29. The lowest BCUT2D eigenvalue weighted by Gasteiger charge is -2.11. The SMILES string of the molecule is CCOc1ccc(NC(N)=NC)cc1OC. The van der Waals surface area contributed by atoms with Gasteiger partial charge in [0.1, 0.15) is 0 Å². The van der Waals surface area contributed by atoms with Gasteiger partial charge in [-0.05, 0) is 19.1 Å². The Morgan fingerprint density at radius 1 is 1.44 bits per heavy atom. The highest BCUT2D eigenvalue weighted by Gasteiger charge is 2.05. The van der Waals surface area contributed by atoms with Gasteiger partial charge in [-0.25, -0.2) is 0 Å². The number of anilines is 1. The Hall–Kier alpha value is -1.91. The standard InChI is InChI=1S/C11H17N3O2/c1-4-16-9-6-5-8(7-10(9)15-3)14-11(12)13-2/h5-7H,4H2,1-3H3,(H3,12,13,14). The van der Waals surface area contributed by atoms with Crippen LogP contribution in [0.15, 0.2) is 23.2 Å². The van der Waals surface area contributed by atoms with Gasteiger partial charge in [-0.15, -0.1) is 0 Å². The maximum absolute atomic E-state index is 5.56. The molecule has 0 amide bonds. The summed E-state index contributed by atoms with van der Waals surface area (Å²) in [6.45, 7) is 2.52. The number of ether oxygens (including phenoxy) is 2. The van der Waals surface area contributed by atoms with Crippen LogP contribution in [0.3, 0.4) is 0 Å². The number of hydrogen-bond acceptors (Lipinski definition) is 3. The maximum atomic E-state index is 5.56. The molecule has 0 spiro atoms. The number of rotatable bonds is 4. The van der Waals surface area contributed by atoms with Crippen LogP contribution in [0.25, 0.3) is 0 Å². The van der Waals surface area contributed by atoms with Crippen LogP contribution in [-0.2, 0) is 0 Å². The second-order valence-electron chi connectivity index (χ2n) is 3.03. The number of benzene rings is 1. The molecule has 0 fully saturated rings. The van der Waals surface area contributed by atoms with E-state index in [0.717, 1.165) is 5.69 Å². The van der Waals surface area contributed by atoms with Crippen molar-refractivity contribution in [1.29, 1.82) is 0 Å². The maximum Gasteiger partial charge on any atom is 0.192 e. The lowest BCUT2D eigenvalue weighted by atomic mass is 10.2. The van der Waals surface area contributed by atoms with Crippen molar-refractivity contribution in [2.24, 2.45) is 10.7 Å². The number of nitrogens with one attached hydrogen (secondary N) is 1. The zero-order valence-electron chi connectivity index (χ0n) is 9.78. The van der Waals surface area contributed by atoms with Crippen LogP contribution in [0.1, 0.15) is 6.92 Å². The molecule has 0 unspecified atom stereocenters. The molecule has 88 valence electrons. The minimum absolute atomic E-state index is 0.353. The first kappa shape index (κ1) is 12.2. The molecule has 1 aromatic carbocycles. The van der Waals surface area contributed by atoms with Crippen LogP contribution in [0.4, 0.5) is 5.69 Å². The zero-order chi connectivity index (χ0) is 12.0. The molecule has 0 saturated carbocycles. The van der Waals surface area contributed by atoms with Gasteiger partial charge in [-0.1, -0.05) is 0 Å². The molecular weight excluding hydrogens is 206 g/mol. The van der Waals surface area contributed by atoms with Crippen molar-refractivity contribution in [2.75, 3.05) is 26.1 Å². The molecule has 3 N–H and O–H groups in total. The summed E-state index contributed by atoms with van der Waals surface area (Å²) in [5.41, 5.74) is 6.37. The Morgan fingerprint density at radius 2 is 2.19 bits per heavy atom. The van der Waals surface area contributed by atoms with Crippen molar-refractivity contribution in [3.63, 3.8) is 0 Å². The predicted molar refractivity (Wildman–Crippen MR) is 65.3 cm³/mol. The molecular formula is C11H17N3O2. The van der Waals surface area contributed by atoms with Crippen LogP contribution in [0.2, 0.25) is 0 Å². The highest BCUT2D eigenvalue weighted by atomic mass is 16.5. The predicted octanol–water partition coefficient (Wildman–Crippen LogP) is 1.45. The fourth-order valence-electron chi connectivity index (χ4n) is 1.22. The summed E-state index contributed by atoms with van der Waals surface area (Å²) in [4.78, 5) is 3.81. The van der Waals surface area contributed by atoms with Gasteiger partial charge >= 0.3 is 0 Å². The van der Waals surface area contributed by atoms with Gasteiger partial charge in [0.05, 0.1) is 13.7 Å². The summed E-state index contributed by atoms with van der Waals surface area (Å²) in [5, 5.41) is 2.93. The van der Waals surface area contributed by atoms with Crippen molar-refractivity contribution < 1.29 is 9.47 Å². The van der Waals surface area contributed by atoms with Gasteiger partial charge in [-0.2, -0.15) is 0 Å². The van der Waals surface area contributed by atoms with E-state index < -0.39 is 0 Å². The van der Waals surface area contributed by atoms with E-state index in [0.29, 0.717) is 24.1 Å². The minimum Gasteiger partial charge on any atom is -0.493 e. The Bertz CT molecular complexity index is 377. The van der Waals surface area contributed by atoms with E-state index in [1.54, 1.807) is 14.2 Å². The summed E-state index contributed by atoms with van der Waals surface area (Å²) in [7, 11) is 3.22. The summed E-state index contributed by atoms with van der Waals surface area (Å²) in [6, 6.07) is 5.49. The van der Waals surface area contributed by atoms with E-state index in [-0.39, 0.29) is 0 Å². The molecule has 0 bridgehead atoms. The molecule has 0 aliphatic carbocycles. The zero-order valence-corrected chi connectivity index (χ0v) is 9.78. The van der Waals surface area contributed by atoms with Gasteiger partial charge in [-0.3, -0.25) is 4.99 Å². The first-order valence-corrected chi connectivity index (χ1v) is 5.01. The van der Waals surface area contributed by atoms with E-state index in [4.69, 9.17) is 15.2 Å². The second kappa shape index (κ2) is 5.85. The van der Waals surface area contributed by atoms with Gasteiger partial charge in [0.15, 0.2) is 17.5 Å². The van der Waals surface area contributed by atoms with Gasteiger partial charge in [0, 0.05) is 18.8 Å². The lowest BCUT2D eigenvalue weighted by molar-refractivity contribution is 0.311. The highest BCUT2D eigenvalue weighted by molar-refractivity contribution is 5.92. The van der Waals surface area contributed by atoms with E-state index in [9.17, 15) is 0 Å². The van der Waals surface area contributed by atoms with Crippen molar-refractivity contribution in [3.05, 3.63) is 18.2 Å². The van der Waals surface area contributed by atoms with E-state index in [1.165, 1.54) is 0 Å². The van der Waals surface area contributed by atoms with Crippen LogP contribution in [0.5, 0.6) is 11.5 Å². The Kier molecular flexibility index (Phi) is 4.44. The molecule has 0 saturated heterocycles. The number of nitrogens with zero attached hydrogens (tertiary/aromatic N) is 1. The Morgan fingerprint density at radius 3 is 2.75 bits per heavy atom. The number of aliphatic imine (C=N–C) groups is 1. The molecule has 0 aliphatic heterocycles. The lowest BCUT2D eigenvalue weighted by Crippen LogP contribution is -2.21. The fraction of sp³-hybridized carbons (Fsp3) is 0.364. The molecule has 1 rings (SSSR count). The summed E-state index contributed by atoms with van der Waals surface area (Å²) in [6.07, 6.45) is 0. The van der Waals surface area contributed by atoms with E-state index in [2.05, 4.69) is 10.3 Å². The molecule has 16 heavy (non-hydrogen) atoms. The molecule has 0 aliphatic rings. The molecule has 1 aromatic rings. The van der Waals surface area contributed by atoms with Crippen LogP contribution in [-0.4, -0.2) is 26.7 Å². The van der Waals surface area contributed by atoms with Crippen LogP contribution < -0.4 is 20.5 Å². The third-order valence-electron chi connectivity index (χ3n) is 1.98. The fourth-order valence-corrected chi connectivity index (χ4v) is 1.22. The quantitative estimate of drug-likeness (QED) is 0.598. The molecule has 0 radical (unpaired) electrons. The Labute approximate surface area is 95.3 Å². The molecule has 0 heterocycles. The van der Waals surface area contributed by atoms with Crippen molar-refractivity contribution in [2.45, 2.75) is 6.92 Å². The monoisotopic (exact) mass is 223 g/mol. The average Bonchev–Trinajstić information content (AvgIpc) is 2.31. The van der Waals surface area contributed by atoms with E-state index >= 15 is 0 Å². The van der Waals surface area contributed by atoms with Crippen LogP contribution in [0, 0.1) is 0 Å². The smallest absolute Gasteiger partial charge is 0.192 e. The largest absolute Gasteiger partial charge is 0.493 e. The summed E-state index contributed by atoms with van der Waals surface area (Å²) < 4.78 is 10.6. The first-order valence-electron chi connectivity index (χ1n) is 5.01. The average molecular weight is 223 g/mol. The molecule has 5 nitrogen and oxygen atoms in total. The third kappa shape index (κ3) is 3.05. The molecule has 5 heteroatoms. The van der Waals surface area contributed by atoms with Gasteiger partial charge in [0.2, 0.25) is 0 Å². The van der Waals surface area contributed by atoms with Gasteiger partial charge < -0.3 is 20.5 Å². The molecule has 0 atom stereocenters. The topological polar surface area (TPSA) is 68.9 Å². The Balaban J connectivity index is 2.90. The summed E-state index contributed by atoms with van der Waals surface area (Å²) in [5.74, 6) is 1.73. The number of hydrogen-bond donors (Lipinski definition) is 2. The summed E-state index contributed by atoms with van der Waals surface area (Å²) >= 11 is 0. The number of nitrogens with two attached hydrogens (primary N) is 1. The first-order chi connectivity index (χ1) is 7.71. The van der Waals surface area contributed by atoms with Crippen LogP contribution >= 0.6 is 0 Å². The molecule has 0 aromatic heterocycles. The minimum atomic E-state index is 0.353. The second-order valence-corrected chi connectivity index (χ2v) is 3.03. The van der Waals surface area contributed by atoms with Crippen molar-refractivity contribution in [3.8, 4) is 11.5 Å². The number of methoxy groups -OCH3 is 1. The van der Waals surface area contributed by atoms with Crippen molar-refractivity contribution in [1.82, 2.24) is 0 Å². The van der Waals surface area contributed by atoms with Crippen molar-refractivity contribution >= 4 is 11.6 Å². The van der Waals surface area contributed by atoms with Gasteiger partial charge in [0.25, 0.3) is 0 Å². The third-order valence-corrected chi connectivity index (χ3v) is 1.98. The van der Waals surface area contributed by atoms with E-state index in [1.807, 2.05) is 25.1 Å². The normalized spacial score (nSPS) is 11.1.